The highest BCUT2D eigenvalue weighted by Crippen LogP contribution is 2.10. The SMILES string of the molecule is [C-]#[N+]c1ccc(C(=O)Cl)nc1. The molecule has 0 aliphatic carbocycles. The van der Waals surface area contributed by atoms with Crippen molar-refractivity contribution in [3.8, 4) is 0 Å². The first-order valence-corrected chi connectivity index (χ1v) is 3.15. The summed E-state index contributed by atoms with van der Waals surface area (Å²) in [5.74, 6) is 0. The van der Waals surface area contributed by atoms with Crippen molar-refractivity contribution in [2.75, 3.05) is 0 Å². The fourth-order valence-corrected chi connectivity index (χ4v) is 0.680. The second kappa shape index (κ2) is 3.13. The van der Waals surface area contributed by atoms with E-state index in [1.807, 2.05) is 0 Å². The molecule has 0 saturated carbocycles. The maximum atomic E-state index is 10.5. The van der Waals surface area contributed by atoms with E-state index < -0.39 is 5.24 Å². The zero-order chi connectivity index (χ0) is 8.27. The molecule has 0 aliphatic heterocycles. The summed E-state index contributed by atoms with van der Waals surface area (Å²) in [5.41, 5.74) is 0.561. The van der Waals surface area contributed by atoms with Crippen molar-refractivity contribution in [2.24, 2.45) is 0 Å². The standard InChI is InChI=1S/C7H3ClN2O/c1-9-5-2-3-6(7(8)11)10-4-5/h2-4H. The molecule has 3 nitrogen and oxygen atoms in total. The third-order valence-corrected chi connectivity index (χ3v) is 1.27. The molecule has 1 aromatic rings. The Balaban J connectivity index is 3.03. The molecule has 4 heteroatoms. The smallest absolute Gasteiger partial charge is 0.270 e. The minimum Gasteiger partial charge on any atom is -0.274 e. The first kappa shape index (κ1) is 7.70. The van der Waals surface area contributed by atoms with Gasteiger partial charge in [-0.15, -0.1) is 0 Å². The van der Waals surface area contributed by atoms with Crippen LogP contribution in [0.3, 0.4) is 0 Å². The highest BCUT2D eigenvalue weighted by molar-refractivity contribution is 6.67. The first-order chi connectivity index (χ1) is 5.24. The lowest BCUT2D eigenvalue weighted by Gasteiger charge is -1.90. The minimum absolute atomic E-state index is 0.166. The van der Waals surface area contributed by atoms with Gasteiger partial charge >= 0.3 is 0 Å². The van der Waals surface area contributed by atoms with Crippen LogP contribution in [0.1, 0.15) is 10.5 Å². The van der Waals surface area contributed by atoms with Gasteiger partial charge < -0.3 is 0 Å². The van der Waals surface area contributed by atoms with Gasteiger partial charge in [-0.05, 0) is 17.7 Å². The first-order valence-electron chi connectivity index (χ1n) is 2.77. The summed E-state index contributed by atoms with van der Waals surface area (Å²) in [6.45, 7) is 6.59. The molecule has 0 atom stereocenters. The van der Waals surface area contributed by atoms with Crippen molar-refractivity contribution in [2.45, 2.75) is 0 Å². The number of carbonyl (C=O) groups excluding carboxylic acids is 1. The van der Waals surface area contributed by atoms with E-state index in [2.05, 4.69) is 9.83 Å². The van der Waals surface area contributed by atoms with Gasteiger partial charge in [-0.25, -0.2) is 4.85 Å². The summed E-state index contributed by atoms with van der Waals surface area (Å²) in [6, 6.07) is 2.92. The van der Waals surface area contributed by atoms with Crippen LogP contribution in [0.4, 0.5) is 5.69 Å². The van der Waals surface area contributed by atoms with Gasteiger partial charge in [0, 0.05) is 6.20 Å². The van der Waals surface area contributed by atoms with Crippen LogP contribution in [-0.4, -0.2) is 10.2 Å². The van der Waals surface area contributed by atoms with Crippen molar-refractivity contribution in [3.63, 3.8) is 0 Å². The number of carbonyl (C=O) groups is 1. The van der Waals surface area contributed by atoms with E-state index in [0.29, 0.717) is 5.69 Å². The molecule has 0 aliphatic rings. The molecule has 1 rings (SSSR count). The molecule has 0 N–H and O–H groups in total. The maximum Gasteiger partial charge on any atom is 0.270 e. The maximum absolute atomic E-state index is 10.5. The molecule has 1 heterocycles. The topological polar surface area (TPSA) is 34.3 Å². The second-order valence-corrected chi connectivity index (χ2v) is 2.13. The summed E-state index contributed by atoms with van der Waals surface area (Å²) >= 11 is 5.12. The highest BCUT2D eigenvalue weighted by Gasteiger charge is 2.01. The average Bonchev–Trinajstić information content (AvgIpc) is 2.05. The summed E-state index contributed by atoms with van der Waals surface area (Å²) < 4.78 is 0. The molecule has 54 valence electrons. The van der Waals surface area contributed by atoms with Crippen molar-refractivity contribution in [1.29, 1.82) is 0 Å². The van der Waals surface area contributed by atoms with Crippen LogP contribution >= 0.6 is 11.6 Å². The molecule has 0 amide bonds. The molecule has 0 bridgehead atoms. The second-order valence-electron chi connectivity index (χ2n) is 1.79. The lowest BCUT2D eigenvalue weighted by Crippen LogP contribution is -1.90. The van der Waals surface area contributed by atoms with E-state index in [-0.39, 0.29) is 5.69 Å². The van der Waals surface area contributed by atoms with Crippen LogP contribution in [0.15, 0.2) is 18.3 Å². The third-order valence-electron chi connectivity index (χ3n) is 1.08. The number of hydrogen-bond donors (Lipinski definition) is 0. The predicted molar refractivity (Wildman–Crippen MR) is 40.7 cm³/mol. The largest absolute Gasteiger partial charge is 0.274 e. The van der Waals surface area contributed by atoms with Crippen LogP contribution in [0.25, 0.3) is 4.85 Å². The molecule has 0 unspecified atom stereocenters. The third kappa shape index (κ3) is 1.76. The molecule has 0 fully saturated rings. The van der Waals surface area contributed by atoms with Crippen molar-refractivity contribution < 1.29 is 4.79 Å². The van der Waals surface area contributed by atoms with Crippen LogP contribution in [0.2, 0.25) is 0 Å². The molecular formula is C7H3ClN2O. The molecular weight excluding hydrogens is 164 g/mol. The number of rotatable bonds is 1. The summed E-state index contributed by atoms with van der Waals surface area (Å²) in [5, 5.41) is -0.610. The fraction of sp³-hybridized carbons (Fsp3) is 0. The molecule has 0 radical (unpaired) electrons. The Kier molecular flexibility index (Phi) is 2.19. The zero-order valence-corrected chi connectivity index (χ0v) is 6.17. The Hall–Kier alpha value is -1.40. The van der Waals surface area contributed by atoms with Crippen molar-refractivity contribution in [1.82, 2.24) is 4.98 Å². The fourth-order valence-electron chi connectivity index (χ4n) is 0.568. The average molecular weight is 167 g/mol. The van der Waals surface area contributed by atoms with Gasteiger partial charge in [0.2, 0.25) is 5.69 Å². The van der Waals surface area contributed by atoms with E-state index in [9.17, 15) is 4.79 Å². The van der Waals surface area contributed by atoms with Crippen LogP contribution in [-0.2, 0) is 0 Å². The number of aromatic nitrogens is 1. The van der Waals surface area contributed by atoms with Crippen LogP contribution in [0.5, 0.6) is 0 Å². The predicted octanol–water partition coefficient (Wildman–Crippen LogP) is 2.01. The minimum atomic E-state index is -0.610. The monoisotopic (exact) mass is 166 g/mol. The molecule has 11 heavy (non-hydrogen) atoms. The van der Waals surface area contributed by atoms with E-state index in [4.69, 9.17) is 18.2 Å². The Morgan fingerprint density at radius 3 is 2.73 bits per heavy atom. The van der Waals surface area contributed by atoms with Gasteiger partial charge in [-0.3, -0.25) is 9.78 Å². The summed E-state index contributed by atoms with van der Waals surface area (Å²) in [4.78, 5) is 17.2. The Bertz CT molecular complexity index is 312. The van der Waals surface area contributed by atoms with E-state index >= 15 is 0 Å². The van der Waals surface area contributed by atoms with Crippen molar-refractivity contribution in [3.05, 3.63) is 35.4 Å². The van der Waals surface area contributed by atoms with Gasteiger partial charge in [0.05, 0.1) is 6.57 Å². The summed E-state index contributed by atoms with van der Waals surface area (Å²) in [6.07, 6.45) is 1.31. The van der Waals surface area contributed by atoms with Gasteiger partial charge in [0.1, 0.15) is 5.69 Å². The zero-order valence-electron chi connectivity index (χ0n) is 5.41. The van der Waals surface area contributed by atoms with E-state index in [1.54, 1.807) is 0 Å². The van der Waals surface area contributed by atoms with Gasteiger partial charge in [0.15, 0.2) is 0 Å². The Morgan fingerprint density at radius 2 is 2.36 bits per heavy atom. The molecule has 1 aromatic heterocycles. The van der Waals surface area contributed by atoms with Crippen LogP contribution in [0, 0.1) is 6.57 Å². The number of pyridine rings is 1. The normalized spacial score (nSPS) is 8.73. The number of hydrogen-bond acceptors (Lipinski definition) is 2. The summed E-state index contributed by atoms with van der Waals surface area (Å²) in [7, 11) is 0. The van der Waals surface area contributed by atoms with Gasteiger partial charge in [0.25, 0.3) is 5.24 Å². The Labute approximate surface area is 68.4 Å². The molecule has 0 aromatic carbocycles. The Morgan fingerprint density at radius 1 is 1.64 bits per heavy atom. The van der Waals surface area contributed by atoms with Crippen molar-refractivity contribution >= 4 is 22.5 Å². The lowest BCUT2D eigenvalue weighted by molar-refractivity contribution is 0.107. The highest BCUT2D eigenvalue weighted by atomic mass is 35.5. The number of halogens is 1. The van der Waals surface area contributed by atoms with Gasteiger partial charge in [-0.2, -0.15) is 0 Å². The number of nitrogens with zero attached hydrogens (tertiary/aromatic N) is 2. The van der Waals surface area contributed by atoms with Gasteiger partial charge in [-0.1, -0.05) is 6.07 Å². The van der Waals surface area contributed by atoms with E-state index in [0.717, 1.165) is 0 Å². The molecule has 0 saturated heterocycles. The lowest BCUT2D eigenvalue weighted by atomic mass is 10.3. The van der Waals surface area contributed by atoms with E-state index in [1.165, 1.54) is 18.3 Å². The molecule has 0 spiro atoms. The quantitative estimate of drug-likeness (QED) is 0.473. The van der Waals surface area contributed by atoms with Crippen LogP contribution < -0.4 is 0 Å².